The van der Waals surface area contributed by atoms with Crippen molar-refractivity contribution in [1.29, 1.82) is 0 Å². The first-order valence-corrected chi connectivity index (χ1v) is 6.97. The van der Waals surface area contributed by atoms with E-state index in [9.17, 15) is 4.79 Å². The van der Waals surface area contributed by atoms with Gasteiger partial charge in [-0.25, -0.2) is 4.79 Å². The average molecular weight is 256 g/mol. The van der Waals surface area contributed by atoms with Crippen LogP contribution in [0.3, 0.4) is 0 Å². The van der Waals surface area contributed by atoms with E-state index in [1.165, 1.54) is 6.42 Å². The Balaban J connectivity index is 2.33. The quantitative estimate of drug-likeness (QED) is 0.844. The fourth-order valence-electron chi connectivity index (χ4n) is 2.30. The summed E-state index contributed by atoms with van der Waals surface area (Å²) in [6.45, 7) is 9.59. The zero-order chi connectivity index (χ0) is 13.8. The number of nitrogens with one attached hydrogen (secondary N) is 1. The van der Waals surface area contributed by atoms with E-state index in [4.69, 9.17) is 4.74 Å². The van der Waals surface area contributed by atoms with Crippen LogP contribution in [0.2, 0.25) is 0 Å². The molecule has 0 saturated carbocycles. The second kappa shape index (κ2) is 6.41. The number of hydrogen-bond donors (Lipinski definition) is 1. The summed E-state index contributed by atoms with van der Waals surface area (Å²) < 4.78 is 5.39. The average Bonchev–Trinajstić information content (AvgIpc) is 2.27. The third-order valence-electron chi connectivity index (χ3n) is 3.45. The first-order chi connectivity index (χ1) is 8.31. The van der Waals surface area contributed by atoms with Crippen molar-refractivity contribution >= 4 is 6.09 Å². The van der Waals surface area contributed by atoms with Gasteiger partial charge in [-0.2, -0.15) is 0 Å². The van der Waals surface area contributed by atoms with E-state index in [-0.39, 0.29) is 6.09 Å². The third kappa shape index (κ3) is 5.25. The standard InChI is InChI=1S/C14H28N2O2/c1-11(15-5)10-12-6-8-16(9-7-12)13(17)18-14(2,3)4/h11-12,15H,6-10H2,1-5H3/t11-/m0/s1. The zero-order valence-electron chi connectivity index (χ0n) is 12.5. The number of carbonyl (C=O) groups excluding carboxylic acids is 1. The highest BCUT2D eigenvalue weighted by Gasteiger charge is 2.27. The Morgan fingerprint density at radius 3 is 2.39 bits per heavy atom. The lowest BCUT2D eigenvalue weighted by Gasteiger charge is -2.34. The van der Waals surface area contributed by atoms with Crippen LogP contribution in [0.5, 0.6) is 0 Å². The van der Waals surface area contributed by atoms with E-state index in [2.05, 4.69) is 12.2 Å². The van der Waals surface area contributed by atoms with Crippen molar-refractivity contribution in [3.05, 3.63) is 0 Å². The summed E-state index contributed by atoms with van der Waals surface area (Å²) in [7, 11) is 2.00. The molecule has 1 fully saturated rings. The largest absolute Gasteiger partial charge is 0.444 e. The molecule has 1 atom stereocenters. The number of piperidine rings is 1. The molecule has 1 aliphatic heterocycles. The Morgan fingerprint density at radius 2 is 1.94 bits per heavy atom. The summed E-state index contributed by atoms with van der Waals surface area (Å²) in [5.41, 5.74) is -0.394. The van der Waals surface area contributed by atoms with Crippen LogP contribution in [-0.2, 0) is 4.74 Å². The van der Waals surface area contributed by atoms with Gasteiger partial charge < -0.3 is 15.0 Å². The number of rotatable bonds is 3. The van der Waals surface area contributed by atoms with Crippen LogP contribution in [0.25, 0.3) is 0 Å². The molecule has 0 spiro atoms. The lowest BCUT2D eigenvalue weighted by molar-refractivity contribution is 0.0179. The molecule has 1 heterocycles. The van der Waals surface area contributed by atoms with Crippen LogP contribution in [0.1, 0.15) is 47.0 Å². The highest BCUT2D eigenvalue weighted by Crippen LogP contribution is 2.23. The van der Waals surface area contributed by atoms with Crippen molar-refractivity contribution in [3.63, 3.8) is 0 Å². The summed E-state index contributed by atoms with van der Waals surface area (Å²) in [6, 6.07) is 0.558. The van der Waals surface area contributed by atoms with Gasteiger partial charge in [0.05, 0.1) is 0 Å². The maximum Gasteiger partial charge on any atom is 0.410 e. The minimum atomic E-state index is -0.394. The first-order valence-electron chi connectivity index (χ1n) is 6.97. The Morgan fingerprint density at radius 1 is 1.39 bits per heavy atom. The molecule has 0 aliphatic carbocycles. The maximum atomic E-state index is 11.9. The Kier molecular flexibility index (Phi) is 5.45. The first kappa shape index (κ1) is 15.3. The molecule has 0 bridgehead atoms. The Bertz CT molecular complexity index is 265. The van der Waals surface area contributed by atoms with Crippen LogP contribution in [0.4, 0.5) is 4.79 Å². The molecule has 1 saturated heterocycles. The maximum absolute atomic E-state index is 11.9. The van der Waals surface area contributed by atoms with E-state index in [0.29, 0.717) is 6.04 Å². The van der Waals surface area contributed by atoms with Gasteiger partial charge in [0.25, 0.3) is 0 Å². The van der Waals surface area contributed by atoms with Crippen molar-refractivity contribution in [1.82, 2.24) is 10.2 Å². The van der Waals surface area contributed by atoms with Crippen molar-refractivity contribution in [2.45, 2.75) is 58.6 Å². The topological polar surface area (TPSA) is 41.6 Å². The van der Waals surface area contributed by atoms with Crippen molar-refractivity contribution in [2.24, 2.45) is 5.92 Å². The minimum absolute atomic E-state index is 0.164. The molecule has 0 aromatic rings. The smallest absolute Gasteiger partial charge is 0.410 e. The molecular weight excluding hydrogens is 228 g/mol. The fourth-order valence-corrected chi connectivity index (χ4v) is 2.30. The van der Waals surface area contributed by atoms with Gasteiger partial charge >= 0.3 is 6.09 Å². The Hall–Kier alpha value is -0.770. The predicted molar refractivity (Wildman–Crippen MR) is 73.7 cm³/mol. The molecule has 0 unspecified atom stereocenters. The lowest BCUT2D eigenvalue weighted by Crippen LogP contribution is -2.42. The minimum Gasteiger partial charge on any atom is -0.444 e. The van der Waals surface area contributed by atoms with Crippen LogP contribution >= 0.6 is 0 Å². The van der Waals surface area contributed by atoms with Gasteiger partial charge in [-0.05, 0) is 59.9 Å². The second-order valence-electron chi connectivity index (χ2n) is 6.34. The van der Waals surface area contributed by atoms with Crippen molar-refractivity contribution < 1.29 is 9.53 Å². The predicted octanol–water partition coefficient (Wildman–Crippen LogP) is 2.63. The van der Waals surface area contributed by atoms with Gasteiger partial charge in [-0.3, -0.25) is 0 Å². The second-order valence-corrected chi connectivity index (χ2v) is 6.34. The molecule has 0 aromatic carbocycles. The van der Waals surface area contributed by atoms with E-state index in [1.807, 2.05) is 32.7 Å². The van der Waals surface area contributed by atoms with Crippen LogP contribution in [0, 0.1) is 5.92 Å². The third-order valence-corrected chi connectivity index (χ3v) is 3.45. The van der Waals surface area contributed by atoms with Gasteiger partial charge in [0.15, 0.2) is 0 Å². The molecular formula is C14H28N2O2. The molecule has 0 aromatic heterocycles. The summed E-state index contributed by atoms with van der Waals surface area (Å²) in [5, 5.41) is 3.27. The van der Waals surface area contributed by atoms with Gasteiger partial charge in [0.1, 0.15) is 5.60 Å². The van der Waals surface area contributed by atoms with E-state index in [0.717, 1.165) is 31.8 Å². The molecule has 4 nitrogen and oxygen atoms in total. The summed E-state index contributed by atoms with van der Waals surface area (Å²) >= 11 is 0. The zero-order valence-corrected chi connectivity index (χ0v) is 12.5. The number of likely N-dealkylation sites (tertiary alicyclic amines) is 1. The highest BCUT2D eigenvalue weighted by molar-refractivity contribution is 5.68. The molecule has 106 valence electrons. The Labute approximate surface area is 111 Å². The van der Waals surface area contributed by atoms with Gasteiger partial charge in [0.2, 0.25) is 0 Å². The monoisotopic (exact) mass is 256 g/mol. The number of hydrogen-bond acceptors (Lipinski definition) is 3. The van der Waals surface area contributed by atoms with Crippen LogP contribution in [-0.4, -0.2) is 42.8 Å². The van der Waals surface area contributed by atoms with Crippen molar-refractivity contribution in [3.8, 4) is 0 Å². The van der Waals surface area contributed by atoms with Crippen molar-refractivity contribution in [2.75, 3.05) is 20.1 Å². The number of carbonyl (C=O) groups is 1. The lowest BCUT2D eigenvalue weighted by atomic mass is 9.91. The fraction of sp³-hybridized carbons (Fsp3) is 0.929. The number of ether oxygens (including phenoxy) is 1. The summed E-state index contributed by atoms with van der Waals surface area (Å²) in [4.78, 5) is 13.7. The molecule has 18 heavy (non-hydrogen) atoms. The van der Waals surface area contributed by atoms with Crippen LogP contribution < -0.4 is 5.32 Å². The van der Waals surface area contributed by atoms with E-state index < -0.39 is 5.60 Å². The molecule has 0 radical (unpaired) electrons. The van der Waals surface area contributed by atoms with Gasteiger partial charge in [-0.15, -0.1) is 0 Å². The van der Waals surface area contributed by atoms with E-state index in [1.54, 1.807) is 0 Å². The molecule has 1 N–H and O–H groups in total. The SMILES string of the molecule is CN[C@@H](C)CC1CCN(C(=O)OC(C)(C)C)CC1. The molecule has 1 aliphatic rings. The highest BCUT2D eigenvalue weighted by atomic mass is 16.6. The number of amides is 1. The molecule has 1 amide bonds. The van der Waals surface area contributed by atoms with Crippen LogP contribution in [0.15, 0.2) is 0 Å². The van der Waals surface area contributed by atoms with E-state index >= 15 is 0 Å². The number of nitrogens with zero attached hydrogens (tertiary/aromatic N) is 1. The van der Waals surface area contributed by atoms with Gasteiger partial charge in [0, 0.05) is 19.1 Å². The normalized spacial score (nSPS) is 19.7. The van der Waals surface area contributed by atoms with Gasteiger partial charge in [-0.1, -0.05) is 0 Å². The summed E-state index contributed by atoms with van der Waals surface area (Å²) in [5.74, 6) is 0.728. The molecule has 1 rings (SSSR count). The molecule has 4 heteroatoms. The summed E-state index contributed by atoms with van der Waals surface area (Å²) in [6.07, 6.45) is 3.21.